The minimum absolute atomic E-state index is 0.810. The van der Waals surface area contributed by atoms with Crippen molar-refractivity contribution in [3.63, 3.8) is 0 Å². The van der Waals surface area contributed by atoms with Gasteiger partial charge in [0.1, 0.15) is 0 Å². The normalized spacial score (nSPS) is 24.9. The molecule has 0 aromatic heterocycles. The molecule has 0 radical (unpaired) electrons. The molecular weight excluding hydrogens is 122 g/mol. The van der Waals surface area contributed by atoms with Gasteiger partial charge in [-0.15, -0.1) is 6.58 Å². The molecule has 0 fully saturated rings. The molecule has 1 atom stereocenters. The molecule has 1 unspecified atom stereocenters. The van der Waals surface area contributed by atoms with Crippen LogP contribution in [0.2, 0.25) is 0 Å². The molecule has 0 saturated carbocycles. The summed E-state index contributed by atoms with van der Waals surface area (Å²) < 4.78 is 0. The largest absolute Gasteiger partial charge is 0.374 e. The van der Waals surface area contributed by atoms with Crippen molar-refractivity contribution in [3.8, 4) is 0 Å². The highest BCUT2D eigenvalue weighted by Gasteiger charge is 2.07. The highest BCUT2D eigenvalue weighted by molar-refractivity contribution is 4.92. The second-order valence-corrected chi connectivity index (χ2v) is 2.97. The zero-order valence-electron chi connectivity index (χ0n) is 6.59. The van der Waals surface area contributed by atoms with Crippen LogP contribution in [0.1, 0.15) is 13.3 Å². The molecule has 0 aromatic rings. The van der Waals surface area contributed by atoms with E-state index in [0.29, 0.717) is 0 Å². The van der Waals surface area contributed by atoms with E-state index < -0.39 is 0 Å². The maximum Gasteiger partial charge on any atom is 0.0351 e. The minimum Gasteiger partial charge on any atom is -0.374 e. The fourth-order valence-corrected chi connectivity index (χ4v) is 1.28. The van der Waals surface area contributed by atoms with Crippen LogP contribution in [0.4, 0.5) is 0 Å². The van der Waals surface area contributed by atoms with Crippen molar-refractivity contribution in [2.75, 3.05) is 13.1 Å². The van der Waals surface area contributed by atoms with Gasteiger partial charge in [-0.25, -0.2) is 0 Å². The zero-order valence-corrected chi connectivity index (χ0v) is 6.59. The average molecular weight is 137 g/mol. The molecule has 0 aromatic carbocycles. The van der Waals surface area contributed by atoms with Gasteiger partial charge in [0.2, 0.25) is 0 Å². The fraction of sp³-hybridized carbons (Fsp3) is 0.556. The molecule has 1 nitrogen and oxygen atoms in total. The van der Waals surface area contributed by atoms with Gasteiger partial charge in [-0.3, -0.25) is 0 Å². The van der Waals surface area contributed by atoms with E-state index in [-0.39, 0.29) is 0 Å². The van der Waals surface area contributed by atoms with Crippen LogP contribution < -0.4 is 0 Å². The first-order valence-corrected chi connectivity index (χ1v) is 3.84. The van der Waals surface area contributed by atoms with E-state index in [2.05, 4.69) is 30.7 Å². The second kappa shape index (κ2) is 3.45. The summed E-state index contributed by atoms with van der Waals surface area (Å²) >= 11 is 0. The summed E-state index contributed by atoms with van der Waals surface area (Å²) in [4.78, 5) is 2.29. The van der Waals surface area contributed by atoms with Gasteiger partial charge in [0, 0.05) is 13.1 Å². The molecule has 1 heterocycles. The van der Waals surface area contributed by atoms with E-state index in [1.165, 1.54) is 13.0 Å². The van der Waals surface area contributed by atoms with Gasteiger partial charge < -0.3 is 4.90 Å². The third-order valence-corrected chi connectivity index (χ3v) is 1.76. The summed E-state index contributed by atoms with van der Waals surface area (Å²) in [6.07, 6.45) is 7.58. The summed E-state index contributed by atoms with van der Waals surface area (Å²) in [5.41, 5.74) is 0. The van der Waals surface area contributed by atoms with Crippen LogP contribution in [-0.4, -0.2) is 18.0 Å². The molecule has 0 aliphatic carbocycles. The highest BCUT2D eigenvalue weighted by atomic mass is 15.1. The van der Waals surface area contributed by atoms with Crippen molar-refractivity contribution in [1.29, 1.82) is 0 Å². The highest BCUT2D eigenvalue weighted by Crippen LogP contribution is 2.11. The lowest BCUT2D eigenvalue weighted by Crippen LogP contribution is -2.26. The van der Waals surface area contributed by atoms with Crippen LogP contribution in [0, 0.1) is 5.92 Å². The van der Waals surface area contributed by atoms with E-state index in [1.54, 1.807) is 0 Å². The Morgan fingerprint density at radius 1 is 1.80 bits per heavy atom. The molecule has 1 rings (SSSR count). The third-order valence-electron chi connectivity index (χ3n) is 1.76. The first-order chi connectivity index (χ1) is 4.83. The van der Waals surface area contributed by atoms with Crippen LogP contribution in [0.5, 0.6) is 0 Å². The van der Waals surface area contributed by atoms with Crippen molar-refractivity contribution >= 4 is 0 Å². The van der Waals surface area contributed by atoms with Gasteiger partial charge in [0.05, 0.1) is 0 Å². The molecule has 0 saturated heterocycles. The lowest BCUT2D eigenvalue weighted by Gasteiger charge is -2.26. The Morgan fingerprint density at radius 3 is 3.20 bits per heavy atom. The second-order valence-electron chi connectivity index (χ2n) is 2.97. The van der Waals surface area contributed by atoms with E-state index in [4.69, 9.17) is 0 Å². The standard InChI is InChI=1S/C9H15N/c1-3-6-10-7-4-5-9(2)8-10/h3-4,7,9H,1,5-6,8H2,2H3. The van der Waals surface area contributed by atoms with Gasteiger partial charge in [-0.1, -0.05) is 19.1 Å². The van der Waals surface area contributed by atoms with Crippen LogP contribution >= 0.6 is 0 Å². The molecule has 56 valence electrons. The van der Waals surface area contributed by atoms with Crippen molar-refractivity contribution in [1.82, 2.24) is 4.90 Å². The number of nitrogens with zero attached hydrogens (tertiary/aromatic N) is 1. The monoisotopic (exact) mass is 137 g/mol. The summed E-state index contributed by atoms with van der Waals surface area (Å²) in [5, 5.41) is 0. The third kappa shape index (κ3) is 1.90. The van der Waals surface area contributed by atoms with E-state index in [0.717, 1.165) is 12.5 Å². The summed E-state index contributed by atoms with van der Waals surface area (Å²) in [5.74, 6) is 0.810. The van der Waals surface area contributed by atoms with Crippen LogP contribution in [0.3, 0.4) is 0 Å². The van der Waals surface area contributed by atoms with Crippen molar-refractivity contribution < 1.29 is 0 Å². The Balaban J connectivity index is 2.38. The molecule has 0 bridgehead atoms. The Bertz CT molecular complexity index is 138. The molecule has 1 aliphatic heterocycles. The van der Waals surface area contributed by atoms with E-state index >= 15 is 0 Å². The Kier molecular flexibility index (Phi) is 2.55. The predicted octanol–water partition coefficient (Wildman–Crippen LogP) is 2.03. The van der Waals surface area contributed by atoms with Gasteiger partial charge in [0.15, 0.2) is 0 Å². The number of hydrogen-bond donors (Lipinski definition) is 0. The van der Waals surface area contributed by atoms with Gasteiger partial charge >= 0.3 is 0 Å². The lowest BCUT2D eigenvalue weighted by molar-refractivity contribution is 0.326. The average Bonchev–Trinajstić information content (AvgIpc) is 1.88. The summed E-state index contributed by atoms with van der Waals surface area (Å²) in [6.45, 7) is 8.15. The molecule has 0 amide bonds. The van der Waals surface area contributed by atoms with Crippen molar-refractivity contribution in [3.05, 3.63) is 24.9 Å². The van der Waals surface area contributed by atoms with Crippen LogP contribution in [0.25, 0.3) is 0 Å². The van der Waals surface area contributed by atoms with Crippen molar-refractivity contribution in [2.45, 2.75) is 13.3 Å². The number of rotatable bonds is 2. The molecule has 1 heteroatoms. The number of allylic oxidation sites excluding steroid dienone is 1. The molecular formula is C9H15N. The van der Waals surface area contributed by atoms with Crippen molar-refractivity contribution in [2.24, 2.45) is 5.92 Å². The lowest BCUT2D eigenvalue weighted by atomic mass is 10.1. The van der Waals surface area contributed by atoms with E-state index in [1.807, 2.05) is 6.08 Å². The predicted molar refractivity (Wildman–Crippen MR) is 44.7 cm³/mol. The quantitative estimate of drug-likeness (QED) is 0.526. The fourth-order valence-electron chi connectivity index (χ4n) is 1.28. The maximum absolute atomic E-state index is 3.70. The molecule has 10 heavy (non-hydrogen) atoms. The maximum atomic E-state index is 3.70. The molecule has 1 aliphatic rings. The Morgan fingerprint density at radius 2 is 2.60 bits per heavy atom. The zero-order chi connectivity index (χ0) is 7.40. The van der Waals surface area contributed by atoms with Gasteiger partial charge in [-0.2, -0.15) is 0 Å². The number of hydrogen-bond acceptors (Lipinski definition) is 1. The first-order valence-electron chi connectivity index (χ1n) is 3.84. The van der Waals surface area contributed by atoms with Gasteiger partial charge in [0.25, 0.3) is 0 Å². The summed E-state index contributed by atoms with van der Waals surface area (Å²) in [7, 11) is 0. The Labute approximate surface area is 63.0 Å². The molecule has 0 spiro atoms. The van der Waals surface area contributed by atoms with Gasteiger partial charge in [-0.05, 0) is 18.5 Å². The van der Waals surface area contributed by atoms with Crippen LogP contribution in [0.15, 0.2) is 24.9 Å². The summed E-state index contributed by atoms with van der Waals surface area (Å²) in [6, 6.07) is 0. The minimum atomic E-state index is 0.810. The van der Waals surface area contributed by atoms with E-state index in [9.17, 15) is 0 Å². The molecule has 0 N–H and O–H groups in total. The Hall–Kier alpha value is -0.720. The SMILES string of the molecule is C=CCN1C=CCC(C)C1. The topological polar surface area (TPSA) is 3.24 Å². The van der Waals surface area contributed by atoms with Crippen LogP contribution in [-0.2, 0) is 0 Å². The first kappa shape index (κ1) is 7.39. The smallest absolute Gasteiger partial charge is 0.0351 e.